The van der Waals surface area contributed by atoms with Gasteiger partial charge in [-0.1, -0.05) is 0 Å². The Morgan fingerprint density at radius 1 is 1.53 bits per heavy atom. The van der Waals surface area contributed by atoms with Crippen molar-refractivity contribution in [2.75, 3.05) is 13.7 Å². The molecular formula is C9H18N2O4. The van der Waals surface area contributed by atoms with Gasteiger partial charge in [-0.25, -0.2) is 5.06 Å². The quantitative estimate of drug-likeness (QED) is 0.388. The van der Waals surface area contributed by atoms with E-state index in [-0.39, 0.29) is 6.54 Å². The maximum absolute atomic E-state index is 11.0. The highest BCUT2D eigenvalue weighted by Gasteiger charge is 2.21. The van der Waals surface area contributed by atoms with Crippen molar-refractivity contribution in [2.24, 2.45) is 5.73 Å². The Morgan fingerprint density at radius 2 is 2.07 bits per heavy atom. The minimum atomic E-state index is -0.900. The maximum Gasteiger partial charge on any atom is 0.324 e. The second kappa shape index (κ2) is 5.67. The largest absolute Gasteiger partial charge is 0.468 e. The number of carbonyl (C=O) groups is 2. The Hall–Kier alpha value is -1.14. The van der Waals surface area contributed by atoms with Crippen LogP contribution >= 0.6 is 0 Å². The number of hydrogen-bond donors (Lipinski definition) is 1. The summed E-state index contributed by atoms with van der Waals surface area (Å²) in [5.41, 5.74) is 4.95. The van der Waals surface area contributed by atoms with Crippen molar-refractivity contribution in [3.05, 3.63) is 0 Å². The first-order valence-electron chi connectivity index (χ1n) is 4.54. The second-order valence-electron chi connectivity index (χ2n) is 4.04. The number of ether oxygens (including phenoxy) is 1. The number of nitrogens with two attached hydrogens (primary N) is 1. The molecule has 0 aliphatic rings. The molecule has 0 aliphatic carbocycles. The van der Waals surface area contributed by atoms with Gasteiger partial charge in [-0.3, -0.25) is 14.4 Å². The summed E-state index contributed by atoms with van der Waals surface area (Å²) in [5.74, 6) is -0.584. The van der Waals surface area contributed by atoms with Gasteiger partial charge in [0.05, 0.1) is 19.3 Å². The van der Waals surface area contributed by atoms with Crippen LogP contribution in [0.5, 0.6) is 0 Å². The Morgan fingerprint density at radius 3 is 2.40 bits per heavy atom. The Labute approximate surface area is 89.3 Å². The van der Waals surface area contributed by atoms with Gasteiger partial charge in [0, 0.05) is 0 Å². The van der Waals surface area contributed by atoms with Gasteiger partial charge in [-0.05, 0) is 20.8 Å². The molecule has 0 radical (unpaired) electrons. The predicted octanol–water partition coefficient (Wildman–Crippen LogP) is -0.325. The van der Waals surface area contributed by atoms with E-state index in [0.29, 0.717) is 6.41 Å². The van der Waals surface area contributed by atoms with Gasteiger partial charge in [-0.15, -0.1) is 0 Å². The zero-order valence-corrected chi connectivity index (χ0v) is 9.52. The Kier molecular flexibility index (Phi) is 5.24. The summed E-state index contributed by atoms with van der Waals surface area (Å²) in [6, 6.07) is -0.900. The molecule has 0 aromatic rings. The molecule has 15 heavy (non-hydrogen) atoms. The lowest BCUT2D eigenvalue weighted by Crippen LogP contribution is -2.45. The number of esters is 1. The number of nitrogens with zero attached hydrogens (tertiary/aromatic N) is 1. The fraction of sp³-hybridized carbons (Fsp3) is 0.778. The number of carbonyl (C=O) groups excluding carboxylic acids is 2. The normalized spacial score (nSPS) is 13.1. The molecule has 0 heterocycles. The molecule has 0 saturated carbocycles. The summed E-state index contributed by atoms with van der Waals surface area (Å²) in [6.45, 7) is 5.32. The summed E-state index contributed by atoms with van der Waals surface area (Å²) < 4.78 is 4.43. The SMILES string of the molecule is COC(=O)[C@@H](N)CN(C=O)OC(C)(C)C. The molecule has 88 valence electrons. The molecule has 1 amide bonds. The van der Waals surface area contributed by atoms with Crippen LogP contribution in [0.1, 0.15) is 20.8 Å². The van der Waals surface area contributed by atoms with E-state index in [0.717, 1.165) is 5.06 Å². The molecular weight excluding hydrogens is 200 g/mol. The van der Waals surface area contributed by atoms with Crippen LogP contribution in [0.4, 0.5) is 0 Å². The average Bonchev–Trinajstić information content (AvgIpc) is 2.13. The third-order valence-corrected chi connectivity index (χ3v) is 1.39. The molecule has 0 saturated heterocycles. The monoisotopic (exact) mass is 218 g/mol. The molecule has 6 heteroatoms. The van der Waals surface area contributed by atoms with E-state index in [2.05, 4.69) is 4.74 Å². The number of rotatable bonds is 5. The van der Waals surface area contributed by atoms with Crippen molar-refractivity contribution in [1.29, 1.82) is 0 Å². The Balaban J connectivity index is 4.22. The summed E-state index contributed by atoms with van der Waals surface area (Å²) in [4.78, 5) is 26.8. The van der Waals surface area contributed by atoms with E-state index >= 15 is 0 Å². The van der Waals surface area contributed by atoms with E-state index in [1.54, 1.807) is 20.8 Å². The fourth-order valence-electron chi connectivity index (χ4n) is 0.873. The molecule has 0 unspecified atom stereocenters. The van der Waals surface area contributed by atoms with Gasteiger partial charge in [0.15, 0.2) is 0 Å². The lowest BCUT2D eigenvalue weighted by atomic mass is 10.2. The number of hydroxylamine groups is 2. The first kappa shape index (κ1) is 13.9. The van der Waals surface area contributed by atoms with Gasteiger partial charge in [-0.2, -0.15) is 0 Å². The first-order valence-corrected chi connectivity index (χ1v) is 4.54. The zero-order chi connectivity index (χ0) is 12.1. The predicted molar refractivity (Wildman–Crippen MR) is 53.6 cm³/mol. The van der Waals surface area contributed by atoms with Crippen LogP contribution < -0.4 is 5.73 Å². The molecule has 0 fully saturated rings. The van der Waals surface area contributed by atoms with Crippen LogP contribution in [0.15, 0.2) is 0 Å². The second-order valence-corrected chi connectivity index (χ2v) is 4.04. The van der Waals surface area contributed by atoms with Crippen LogP contribution in [0, 0.1) is 0 Å². The van der Waals surface area contributed by atoms with Crippen molar-refractivity contribution >= 4 is 12.4 Å². The van der Waals surface area contributed by atoms with Crippen LogP contribution in [0.25, 0.3) is 0 Å². The van der Waals surface area contributed by atoms with Gasteiger partial charge < -0.3 is 10.5 Å². The van der Waals surface area contributed by atoms with Crippen LogP contribution in [0.3, 0.4) is 0 Å². The molecule has 0 aliphatic heterocycles. The van der Waals surface area contributed by atoms with Crippen molar-refractivity contribution in [1.82, 2.24) is 5.06 Å². The Bertz CT molecular complexity index is 225. The van der Waals surface area contributed by atoms with Crippen molar-refractivity contribution < 1.29 is 19.2 Å². The third-order valence-electron chi connectivity index (χ3n) is 1.39. The molecule has 0 spiro atoms. The molecule has 0 bridgehead atoms. The lowest BCUT2D eigenvalue weighted by molar-refractivity contribution is -0.218. The summed E-state index contributed by atoms with van der Waals surface area (Å²) in [6.07, 6.45) is 0.480. The third kappa shape index (κ3) is 6.03. The molecule has 1 atom stereocenters. The molecule has 2 N–H and O–H groups in total. The molecule has 0 rings (SSSR count). The van der Waals surface area contributed by atoms with Crippen molar-refractivity contribution in [3.63, 3.8) is 0 Å². The number of methoxy groups -OCH3 is 1. The first-order chi connectivity index (χ1) is 6.80. The molecule has 0 aromatic carbocycles. The van der Waals surface area contributed by atoms with E-state index < -0.39 is 17.6 Å². The maximum atomic E-state index is 11.0. The summed E-state index contributed by atoms with van der Waals surface area (Å²) >= 11 is 0. The molecule has 6 nitrogen and oxygen atoms in total. The van der Waals surface area contributed by atoms with Gasteiger partial charge in [0.1, 0.15) is 6.04 Å². The van der Waals surface area contributed by atoms with E-state index in [4.69, 9.17) is 10.6 Å². The van der Waals surface area contributed by atoms with Gasteiger partial charge in [0.25, 0.3) is 0 Å². The number of hydrogen-bond acceptors (Lipinski definition) is 5. The lowest BCUT2D eigenvalue weighted by Gasteiger charge is -2.27. The summed E-state index contributed by atoms with van der Waals surface area (Å²) in [7, 11) is 1.23. The zero-order valence-electron chi connectivity index (χ0n) is 9.52. The molecule has 0 aromatic heterocycles. The average molecular weight is 218 g/mol. The van der Waals surface area contributed by atoms with E-state index in [9.17, 15) is 9.59 Å². The standard InChI is InChI=1S/C9H18N2O4/c1-9(2,3)15-11(6-12)5-7(10)8(13)14-4/h6-7H,5,10H2,1-4H3/t7-/m0/s1. The minimum Gasteiger partial charge on any atom is -0.468 e. The van der Waals surface area contributed by atoms with Crippen LogP contribution in [0.2, 0.25) is 0 Å². The highest BCUT2D eigenvalue weighted by molar-refractivity contribution is 5.75. The van der Waals surface area contributed by atoms with E-state index in [1.807, 2.05) is 0 Å². The number of amides is 1. The smallest absolute Gasteiger partial charge is 0.324 e. The van der Waals surface area contributed by atoms with Gasteiger partial charge >= 0.3 is 5.97 Å². The topological polar surface area (TPSA) is 81.9 Å². The highest BCUT2D eigenvalue weighted by Crippen LogP contribution is 2.09. The van der Waals surface area contributed by atoms with E-state index in [1.165, 1.54) is 7.11 Å². The van der Waals surface area contributed by atoms with Crippen LogP contribution in [-0.4, -0.2) is 42.7 Å². The van der Waals surface area contributed by atoms with Crippen LogP contribution in [-0.2, 0) is 19.2 Å². The van der Waals surface area contributed by atoms with Gasteiger partial charge in [0.2, 0.25) is 6.41 Å². The summed E-state index contributed by atoms with van der Waals surface area (Å²) in [5, 5.41) is 0.988. The highest BCUT2D eigenvalue weighted by atomic mass is 16.7. The van der Waals surface area contributed by atoms with Crippen molar-refractivity contribution in [2.45, 2.75) is 32.4 Å². The minimum absolute atomic E-state index is 0.0343. The van der Waals surface area contributed by atoms with Crippen molar-refractivity contribution in [3.8, 4) is 0 Å². The fourth-order valence-corrected chi connectivity index (χ4v) is 0.873.